The molecule has 3 rings (SSSR count). The molecule has 0 saturated carbocycles. The van der Waals surface area contributed by atoms with Gasteiger partial charge < -0.3 is 15.6 Å². The van der Waals surface area contributed by atoms with Gasteiger partial charge in [0.15, 0.2) is 0 Å². The van der Waals surface area contributed by atoms with Gasteiger partial charge in [0.2, 0.25) is 5.91 Å². The second kappa shape index (κ2) is 7.04. The van der Waals surface area contributed by atoms with Gasteiger partial charge >= 0.3 is 0 Å². The van der Waals surface area contributed by atoms with Crippen LogP contribution >= 0.6 is 0 Å². The fourth-order valence-electron chi connectivity index (χ4n) is 3.18. The normalized spacial score (nSPS) is 12.1. The average Bonchev–Trinajstić information content (AvgIpc) is 2.99. The summed E-state index contributed by atoms with van der Waals surface area (Å²) in [6.45, 7) is 6.71. The SMILES string of the molecule is CCn1c(C(=O)NC(C)c2ccc(C(N)=O)cc2)cc2ccc(C)cc21. The van der Waals surface area contributed by atoms with Gasteiger partial charge in [-0.15, -0.1) is 0 Å². The summed E-state index contributed by atoms with van der Waals surface area (Å²) in [5.41, 5.74) is 9.51. The van der Waals surface area contributed by atoms with Crippen LogP contribution in [-0.2, 0) is 6.54 Å². The van der Waals surface area contributed by atoms with Crippen LogP contribution in [0, 0.1) is 6.92 Å². The average molecular weight is 349 g/mol. The van der Waals surface area contributed by atoms with Gasteiger partial charge in [0.05, 0.1) is 6.04 Å². The Labute approximate surface area is 152 Å². The Balaban J connectivity index is 1.85. The monoisotopic (exact) mass is 349 g/mol. The molecule has 0 aliphatic carbocycles. The second-order valence-corrected chi connectivity index (χ2v) is 6.52. The van der Waals surface area contributed by atoms with Gasteiger partial charge in [-0.05, 0) is 56.2 Å². The van der Waals surface area contributed by atoms with Crippen molar-refractivity contribution in [1.82, 2.24) is 9.88 Å². The molecule has 5 heteroatoms. The second-order valence-electron chi connectivity index (χ2n) is 6.52. The molecule has 3 aromatic rings. The molecule has 0 saturated heterocycles. The van der Waals surface area contributed by atoms with E-state index in [-0.39, 0.29) is 11.9 Å². The van der Waals surface area contributed by atoms with E-state index < -0.39 is 5.91 Å². The van der Waals surface area contributed by atoms with Crippen molar-refractivity contribution >= 4 is 22.7 Å². The summed E-state index contributed by atoms with van der Waals surface area (Å²) >= 11 is 0. The van der Waals surface area contributed by atoms with Crippen LogP contribution in [0.1, 0.15) is 51.9 Å². The molecule has 5 nitrogen and oxygen atoms in total. The van der Waals surface area contributed by atoms with E-state index in [1.165, 1.54) is 5.56 Å². The van der Waals surface area contributed by atoms with E-state index in [1.54, 1.807) is 12.1 Å². The highest BCUT2D eigenvalue weighted by atomic mass is 16.2. The quantitative estimate of drug-likeness (QED) is 0.739. The largest absolute Gasteiger partial charge is 0.366 e. The number of rotatable bonds is 5. The van der Waals surface area contributed by atoms with Crippen LogP contribution < -0.4 is 11.1 Å². The van der Waals surface area contributed by atoms with Gasteiger partial charge in [-0.25, -0.2) is 0 Å². The molecule has 0 spiro atoms. The molecule has 0 aliphatic heterocycles. The van der Waals surface area contributed by atoms with Gasteiger partial charge in [-0.1, -0.05) is 24.3 Å². The number of hydrogen-bond acceptors (Lipinski definition) is 2. The summed E-state index contributed by atoms with van der Waals surface area (Å²) < 4.78 is 2.03. The molecule has 134 valence electrons. The minimum atomic E-state index is -0.462. The molecule has 0 bridgehead atoms. The van der Waals surface area contributed by atoms with Gasteiger partial charge in [0.25, 0.3) is 5.91 Å². The van der Waals surface area contributed by atoms with Crippen LogP contribution in [0.4, 0.5) is 0 Å². The highest BCUT2D eigenvalue weighted by molar-refractivity contribution is 5.99. The molecule has 0 aliphatic rings. The Kier molecular flexibility index (Phi) is 4.80. The molecule has 2 amide bonds. The van der Waals surface area contributed by atoms with Crippen LogP contribution in [-0.4, -0.2) is 16.4 Å². The van der Waals surface area contributed by atoms with Crippen molar-refractivity contribution in [2.75, 3.05) is 0 Å². The Morgan fingerprint density at radius 1 is 1.12 bits per heavy atom. The maximum absolute atomic E-state index is 12.8. The van der Waals surface area contributed by atoms with E-state index in [0.717, 1.165) is 23.0 Å². The number of nitrogens with zero attached hydrogens (tertiary/aromatic N) is 1. The number of amides is 2. The highest BCUT2D eigenvalue weighted by Crippen LogP contribution is 2.22. The lowest BCUT2D eigenvalue weighted by molar-refractivity contribution is 0.0929. The van der Waals surface area contributed by atoms with E-state index in [2.05, 4.69) is 11.4 Å². The Morgan fingerprint density at radius 3 is 2.42 bits per heavy atom. The molecule has 1 atom stereocenters. The standard InChI is InChI=1S/C21H23N3O2/c1-4-24-18-11-13(2)5-6-17(18)12-19(24)21(26)23-14(3)15-7-9-16(10-8-15)20(22)25/h5-12,14H,4H2,1-3H3,(H2,22,25)(H,23,26). The van der Waals surface area contributed by atoms with Crippen molar-refractivity contribution in [2.24, 2.45) is 5.73 Å². The van der Waals surface area contributed by atoms with Crippen molar-refractivity contribution < 1.29 is 9.59 Å². The molecule has 1 unspecified atom stereocenters. The van der Waals surface area contributed by atoms with Crippen LogP contribution in [0.5, 0.6) is 0 Å². The number of carbonyl (C=O) groups excluding carboxylic acids is 2. The summed E-state index contributed by atoms with van der Waals surface area (Å²) in [5.74, 6) is -0.580. The first-order chi connectivity index (χ1) is 12.4. The van der Waals surface area contributed by atoms with Crippen molar-refractivity contribution in [3.63, 3.8) is 0 Å². The first-order valence-electron chi connectivity index (χ1n) is 8.71. The van der Waals surface area contributed by atoms with Crippen molar-refractivity contribution in [3.8, 4) is 0 Å². The van der Waals surface area contributed by atoms with Gasteiger partial charge in [-0.3, -0.25) is 9.59 Å². The number of nitrogens with two attached hydrogens (primary N) is 1. The number of primary amides is 1. The maximum Gasteiger partial charge on any atom is 0.268 e. The molecular weight excluding hydrogens is 326 g/mol. The summed E-state index contributed by atoms with van der Waals surface area (Å²) in [6, 6.07) is 14.9. The Hall–Kier alpha value is -3.08. The maximum atomic E-state index is 12.8. The zero-order chi connectivity index (χ0) is 18.8. The predicted molar refractivity (Wildman–Crippen MR) is 103 cm³/mol. The number of aryl methyl sites for hydroxylation is 2. The first kappa shape index (κ1) is 17.7. The van der Waals surface area contributed by atoms with Crippen LogP contribution in [0.3, 0.4) is 0 Å². The van der Waals surface area contributed by atoms with E-state index >= 15 is 0 Å². The van der Waals surface area contributed by atoms with E-state index in [0.29, 0.717) is 11.3 Å². The highest BCUT2D eigenvalue weighted by Gasteiger charge is 2.17. The number of hydrogen-bond donors (Lipinski definition) is 2. The molecule has 0 fully saturated rings. The van der Waals surface area contributed by atoms with Gasteiger partial charge in [-0.2, -0.15) is 0 Å². The molecular formula is C21H23N3O2. The van der Waals surface area contributed by atoms with Crippen LogP contribution in [0.2, 0.25) is 0 Å². The number of carbonyl (C=O) groups is 2. The smallest absolute Gasteiger partial charge is 0.268 e. The zero-order valence-electron chi connectivity index (χ0n) is 15.2. The lowest BCUT2D eigenvalue weighted by atomic mass is 10.1. The number of benzene rings is 2. The third-order valence-electron chi connectivity index (χ3n) is 4.65. The molecule has 26 heavy (non-hydrogen) atoms. The lowest BCUT2D eigenvalue weighted by Crippen LogP contribution is -2.28. The van der Waals surface area contributed by atoms with Crippen molar-refractivity contribution in [1.29, 1.82) is 0 Å². The predicted octanol–water partition coefficient (Wildman–Crippen LogP) is 3.56. The Morgan fingerprint density at radius 2 is 1.81 bits per heavy atom. The summed E-state index contributed by atoms with van der Waals surface area (Å²) in [4.78, 5) is 24.0. The molecule has 3 N–H and O–H groups in total. The lowest BCUT2D eigenvalue weighted by Gasteiger charge is -2.16. The summed E-state index contributed by atoms with van der Waals surface area (Å²) in [7, 11) is 0. The molecule has 2 aromatic carbocycles. The summed E-state index contributed by atoms with van der Waals surface area (Å²) in [5, 5.41) is 4.09. The number of fused-ring (bicyclic) bond motifs is 1. The number of aromatic nitrogens is 1. The molecule has 1 heterocycles. The van der Waals surface area contributed by atoms with Crippen molar-refractivity contribution in [3.05, 3.63) is 70.9 Å². The van der Waals surface area contributed by atoms with Crippen molar-refractivity contribution in [2.45, 2.75) is 33.4 Å². The fourth-order valence-corrected chi connectivity index (χ4v) is 3.18. The van der Waals surface area contributed by atoms with Crippen LogP contribution in [0.25, 0.3) is 10.9 Å². The molecule has 1 aromatic heterocycles. The van der Waals surface area contributed by atoms with E-state index in [4.69, 9.17) is 5.73 Å². The first-order valence-corrected chi connectivity index (χ1v) is 8.71. The summed E-state index contributed by atoms with van der Waals surface area (Å²) in [6.07, 6.45) is 0. The van der Waals surface area contributed by atoms with Crippen LogP contribution in [0.15, 0.2) is 48.5 Å². The molecule has 0 radical (unpaired) electrons. The minimum absolute atomic E-state index is 0.118. The van der Waals surface area contributed by atoms with Gasteiger partial charge in [0.1, 0.15) is 5.69 Å². The Bertz CT molecular complexity index is 971. The topological polar surface area (TPSA) is 77.1 Å². The third kappa shape index (κ3) is 3.33. The minimum Gasteiger partial charge on any atom is -0.366 e. The van der Waals surface area contributed by atoms with E-state index in [9.17, 15) is 9.59 Å². The number of nitrogens with one attached hydrogen (secondary N) is 1. The van der Waals surface area contributed by atoms with Gasteiger partial charge in [0, 0.05) is 23.0 Å². The van der Waals surface area contributed by atoms with E-state index in [1.807, 2.05) is 55.7 Å². The third-order valence-corrected chi connectivity index (χ3v) is 4.65. The zero-order valence-corrected chi connectivity index (χ0v) is 15.2. The fraction of sp³-hybridized carbons (Fsp3) is 0.238.